The zero-order chi connectivity index (χ0) is 17.1. The second-order valence-electron chi connectivity index (χ2n) is 8.09. The number of hydrogen-bond acceptors (Lipinski definition) is 2. The van der Waals surface area contributed by atoms with Gasteiger partial charge in [0.15, 0.2) is 0 Å². The summed E-state index contributed by atoms with van der Waals surface area (Å²) in [6.07, 6.45) is 3.24. The fourth-order valence-corrected chi connectivity index (χ4v) is 5.19. The summed E-state index contributed by atoms with van der Waals surface area (Å²) >= 11 is 1.40. The maximum absolute atomic E-state index is 6.84. The van der Waals surface area contributed by atoms with Crippen LogP contribution in [0.25, 0.3) is 0 Å². The van der Waals surface area contributed by atoms with Crippen molar-refractivity contribution in [2.45, 2.75) is 73.0 Å². The van der Waals surface area contributed by atoms with Crippen molar-refractivity contribution in [1.29, 1.82) is 0 Å². The van der Waals surface area contributed by atoms with Gasteiger partial charge in [0, 0.05) is 0 Å². The average molecular weight is 474 g/mol. The van der Waals surface area contributed by atoms with E-state index in [-0.39, 0.29) is 22.0 Å². The van der Waals surface area contributed by atoms with Gasteiger partial charge in [-0.2, -0.15) is 0 Å². The van der Waals surface area contributed by atoms with Gasteiger partial charge in [-0.15, -0.1) is 0 Å². The van der Waals surface area contributed by atoms with Crippen LogP contribution in [0.3, 0.4) is 0 Å². The van der Waals surface area contributed by atoms with E-state index in [2.05, 4.69) is 73.2 Å². The van der Waals surface area contributed by atoms with E-state index in [1.807, 2.05) is 0 Å². The first-order valence-corrected chi connectivity index (χ1v) is 9.55. The molecule has 0 N–H and O–H groups in total. The first kappa shape index (κ1) is 18.1. The van der Waals surface area contributed by atoms with Crippen molar-refractivity contribution in [2.75, 3.05) is 0 Å². The molecule has 3 nitrogen and oxygen atoms in total. The first-order chi connectivity index (χ1) is 9.84. The van der Waals surface area contributed by atoms with Crippen LogP contribution in [0.4, 0.5) is 0 Å². The van der Waals surface area contributed by atoms with E-state index in [9.17, 15) is 0 Å². The number of aromatic nitrogens is 2. The third-order valence-electron chi connectivity index (χ3n) is 7.02. The Hall–Kier alpha value is -0.272. The van der Waals surface area contributed by atoms with E-state index in [0.29, 0.717) is 0 Å². The molecule has 2 atom stereocenters. The quantitative estimate of drug-likeness (QED) is 0.641. The molecule has 1 aliphatic heterocycles. The van der Waals surface area contributed by atoms with Crippen LogP contribution in [0.2, 0.25) is 0 Å². The normalized spacial score (nSPS) is 33.1. The second kappa shape index (κ2) is 5.11. The molecule has 0 aliphatic carbocycles. The van der Waals surface area contributed by atoms with Crippen molar-refractivity contribution in [3.63, 3.8) is 0 Å². The van der Waals surface area contributed by atoms with Crippen LogP contribution in [0.5, 0.6) is 0 Å². The standard InChI is InChI=1S/C18H30N2O.W/c1-10-17(7)15(3,4)16(5,6)18(8,21-17)14-11-19-13(2)20(9)12-14;/h12H,10H2,1-9H3;/t17-,18+;/m1./s1. The summed E-state index contributed by atoms with van der Waals surface area (Å²) in [6, 6.07) is 0. The Bertz CT molecular complexity index is 662. The molecule has 0 unspecified atom stereocenters. The van der Waals surface area contributed by atoms with Gasteiger partial charge in [0.05, 0.1) is 0 Å². The molecular weight excluding hydrogens is 444 g/mol. The molecule has 1 fully saturated rings. The van der Waals surface area contributed by atoms with Crippen LogP contribution in [-0.4, -0.2) is 15.2 Å². The van der Waals surface area contributed by atoms with Gasteiger partial charge < -0.3 is 0 Å². The van der Waals surface area contributed by atoms with Gasteiger partial charge in [-0.1, -0.05) is 0 Å². The summed E-state index contributed by atoms with van der Waals surface area (Å²) in [5.41, 5.74) is 0.826. The Morgan fingerprint density at radius 1 is 1.14 bits per heavy atom. The fraction of sp³-hybridized carbons (Fsp3) is 0.778. The maximum atomic E-state index is 6.84. The molecule has 0 amide bonds. The molecular formula is C18H30N2OW. The van der Waals surface area contributed by atoms with Gasteiger partial charge in [-0.25, -0.2) is 0 Å². The van der Waals surface area contributed by atoms with Crippen molar-refractivity contribution < 1.29 is 24.1 Å². The molecule has 2 rings (SSSR count). The summed E-state index contributed by atoms with van der Waals surface area (Å²) in [6.45, 7) is 18.2. The number of ether oxygens (including phenoxy) is 1. The summed E-state index contributed by atoms with van der Waals surface area (Å²) in [7, 11) is 2.07. The predicted molar refractivity (Wildman–Crippen MR) is 85.9 cm³/mol. The topological polar surface area (TPSA) is 27.1 Å². The summed E-state index contributed by atoms with van der Waals surface area (Å²) in [4.78, 5) is 4.77. The molecule has 0 saturated carbocycles. The third kappa shape index (κ3) is 2.08. The molecule has 124 valence electrons. The fourth-order valence-electron chi connectivity index (χ4n) is 3.82. The first-order valence-electron chi connectivity index (χ1n) is 8.09. The molecule has 22 heavy (non-hydrogen) atoms. The van der Waals surface area contributed by atoms with Gasteiger partial charge in [0.25, 0.3) is 0 Å². The molecule has 0 aromatic carbocycles. The molecule has 1 saturated heterocycles. The Morgan fingerprint density at radius 2 is 1.68 bits per heavy atom. The van der Waals surface area contributed by atoms with E-state index >= 15 is 0 Å². The zero-order valence-electron chi connectivity index (χ0n) is 15.5. The van der Waals surface area contributed by atoms with E-state index in [0.717, 1.165) is 15.9 Å². The van der Waals surface area contributed by atoms with Crippen LogP contribution in [0, 0.1) is 21.4 Å². The van der Waals surface area contributed by atoms with Crippen LogP contribution >= 0.6 is 0 Å². The number of nitrogens with zero attached hydrogens (tertiary/aromatic N) is 2. The van der Waals surface area contributed by atoms with E-state index in [1.165, 1.54) is 24.9 Å². The van der Waals surface area contributed by atoms with Crippen LogP contribution < -0.4 is 0 Å². The Labute approximate surface area is 145 Å². The minimum absolute atomic E-state index is 0.00109. The van der Waals surface area contributed by atoms with E-state index in [1.54, 1.807) is 0 Å². The second-order valence-corrected chi connectivity index (χ2v) is 9.48. The molecule has 1 aromatic rings. The number of rotatable bonds is 2. The number of aryl methyl sites for hydroxylation is 2. The van der Waals surface area contributed by atoms with Crippen molar-refractivity contribution in [1.82, 2.24) is 9.55 Å². The van der Waals surface area contributed by atoms with E-state index in [4.69, 9.17) is 9.72 Å². The van der Waals surface area contributed by atoms with Crippen molar-refractivity contribution in [3.8, 4) is 0 Å². The van der Waals surface area contributed by atoms with Crippen LogP contribution in [0.1, 0.15) is 66.3 Å². The van der Waals surface area contributed by atoms with Gasteiger partial charge in [0.1, 0.15) is 0 Å². The molecule has 0 spiro atoms. The predicted octanol–water partition coefficient (Wildman–Crippen LogP) is 4.27. The molecule has 0 bridgehead atoms. The number of hydrogen-bond donors (Lipinski definition) is 0. The zero-order valence-corrected chi connectivity index (χ0v) is 18.4. The van der Waals surface area contributed by atoms with Gasteiger partial charge in [-0.05, 0) is 0 Å². The van der Waals surface area contributed by atoms with Gasteiger partial charge in [-0.3, -0.25) is 0 Å². The Balaban J connectivity index is 2.75. The van der Waals surface area contributed by atoms with Crippen LogP contribution in [0.15, 0.2) is 6.20 Å². The summed E-state index contributed by atoms with van der Waals surface area (Å²) in [5.74, 6) is 1.05. The third-order valence-corrected chi connectivity index (χ3v) is 8.14. The molecule has 2 heterocycles. The summed E-state index contributed by atoms with van der Waals surface area (Å²) in [5, 5.41) is 0. The molecule has 0 radical (unpaired) electrons. The van der Waals surface area contributed by atoms with Crippen molar-refractivity contribution in [2.24, 2.45) is 17.9 Å². The monoisotopic (exact) mass is 474 g/mol. The van der Waals surface area contributed by atoms with Gasteiger partial charge in [0.2, 0.25) is 0 Å². The Kier molecular flexibility index (Phi) is 4.20. The molecule has 4 heteroatoms. The minimum atomic E-state index is -0.337. The van der Waals surface area contributed by atoms with Crippen molar-refractivity contribution >= 4 is 0 Å². The van der Waals surface area contributed by atoms with Crippen molar-refractivity contribution in [3.05, 3.63) is 21.3 Å². The Morgan fingerprint density at radius 3 is 2.14 bits per heavy atom. The average Bonchev–Trinajstić information content (AvgIpc) is 2.51. The SMILES string of the molecule is CC[C@@]1(C)O[C@@](C)(c2cn(C)c(C)n[c]2=[W])C(C)(C)C1(C)C. The van der Waals surface area contributed by atoms with Gasteiger partial charge >= 0.3 is 146 Å². The van der Waals surface area contributed by atoms with Crippen LogP contribution in [-0.2, 0) is 36.7 Å². The molecule has 1 aromatic heterocycles. The molecule has 1 aliphatic rings. The van der Waals surface area contributed by atoms with E-state index < -0.39 is 0 Å². The summed E-state index contributed by atoms with van der Waals surface area (Å²) < 4.78 is 10.1.